The number of likely N-dealkylation sites (N-methyl/N-ethyl adjacent to an activating group) is 1. The van der Waals surface area contributed by atoms with E-state index in [0.29, 0.717) is 22.7 Å². The predicted molar refractivity (Wildman–Crippen MR) is 193 cm³/mol. The molecule has 0 aliphatic carbocycles. The summed E-state index contributed by atoms with van der Waals surface area (Å²) in [4.78, 5) is 62.1. The molecule has 49 heavy (non-hydrogen) atoms. The van der Waals surface area contributed by atoms with Crippen LogP contribution in [-0.2, 0) is 25.5 Å². The number of amides is 2. The lowest BCUT2D eigenvalue weighted by Gasteiger charge is -2.37. The number of nitrogens with zero attached hydrogens (tertiary/aromatic N) is 3. The summed E-state index contributed by atoms with van der Waals surface area (Å²) in [6.07, 6.45) is 3.32. The SMILES string of the molecule is COC(=O)[C@@H](C)C[C@H](Cc1ccccc1)NC(=O)c1nc([C@H](O)C[C@H](C(C)C)N(C)C(=O)[C@@H](CC(=O)[C@H]2CCCCN2C)C(C)C)sc1C. The lowest BCUT2D eigenvalue weighted by molar-refractivity contribution is -0.145. The van der Waals surface area contributed by atoms with Crippen molar-refractivity contribution in [3.8, 4) is 0 Å². The van der Waals surface area contributed by atoms with Crippen LogP contribution in [0.25, 0.3) is 0 Å². The highest BCUT2D eigenvalue weighted by molar-refractivity contribution is 7.11. The summed E-state index contributed by atoms with van der Waals surface area (Å²) < 4.78 is 4.92. The first-order chi connectivity index (χ1) is 23.1. The van der Waals surface area contributed by atoms with Crippen LogP contribution in [-0.4, -0.2) is 89.3 Å². The molecule has 0 spiro atoms. The zero-order chi connectivity index (χ0) is 36.4. The summed E-state index contributed by atoms with van der Waals surface area (Å²) in [6.45, 7) is 12.5. The van der Waals surface area contributed by atoms with Crippen molar-refractivity contribution in [3.05, 3.63) is 51.5 Å². The van der Waals surface area contributed by atoms with Gasteiger partial charge < -0.3 is 20.1 Å². The van der Waals surface area contributed by atoms with Crippen LogP contribution in [0, 0.1) is 30.6 Å². The maximum atomic E-state index is 14.0. The van der Waals surface area contributed by atoms with E-state index in [-0.39, 0.29) is 72.1 Å². The Morgan fingerprint density at radius 3 is 2.33 bits per heavy atom. The van der Waals surface area contributed by atoms with Crippen LogP contribution in [0.4, 0.5) is 0 Å². The number of Topliss-reactive ketones (excluding diaryl/α,β-unsaturated/α-hetero) is 1. The molecule has 1 fully saturated rings. The summed E-state index contributed by atoms with van der Waals surface area (Å²) in [7, 11) is 5.11. The number of esters is 1. The van der Waals surface area contributed by atoms with E-state index in [9.17, 15) is 24.3 Å². The van der Waals surface area contributed by atoms with Gasteiger partial charge in [0.1, 0.15) is 16.8 Å². The molecular weight excluding hydrogens is 641 g/mol. The van der Waals surface area contributed by atoms with Gasteiger partial charge in [0, 0.05) is 42.8 Å². The summed E-state index contributed by atoms with van der Waals surface area (Å²) in [5, 5.41) is 14.9. The van der Waals surface area contributed by atoms with E-state index in [0.717, 1.165) is 31.4 Å². The Bertz CT molecular complexity index is 1400. The fraction of sp³-hybridized carbons (Fsp3) is 0.658. The molecule has 1 aliphatic heterocycles. The van der Waals surface area contributed by atoms with Gasteiger partial charge in [0.25, 0.3) is 5.91 Å². The molecule has 0 saturated carbocycles. The molecule has 1 saturated heterocycles. The number of benzene rings is 1. The molecule has 6 atom stereocenters. The molecule has 1 aromatic carbocycles. The first-order valence-corrected chi connectivity index (χ1v) is 18.5. The smallest absolute Gasteiger partial charge is 0.308 e. The van der Waals surface area contributed by atoms with Crippen molar-refractivity contribution in [2.24, 2.45) is 23.7 Å². The Balaban J connectivity index is 1.73. The molecule has 0 bridgehead atoms. The molecule has 11 heteroatoms. The maximum absolute atomic E-state index is 14.0. The van der Waals surface area contributed by atoms with E-state index in [4.69, 9.17) is 4.74 Å². The number of methoxy groups -OCH3 is 1. The van der Waals surface area contributed by atoms with Crippen LogP contribution in [0.3, 0.4) is 0 Å². The topological polar surface area (TPSA) is 129 Å². The molecule has 0 unspecified atom stereocenters. The molecule has 2 amide bonds. The summed E-state index contributed by atoms with van der Waals surface area (Å²) in [5.74, 6) is -1.53. The Hall–Kier alpha value is -3.15. The minimum absolute atomic E-state index is 0.0189. The van der Waals surface area contributed by atoms with Crippen molar-refractivity contribution in [2.75, 3.05) is 27.7 Å². The highest BCUT2D eigenvalue weighted by Crippen LogP contribution is 2.31. The minimum atomic E-state index is -0.998. The number of aliphatic hydroxyl groups excluding tert-OH is 1. The van der Waals surface area contributed by atoms with Crippen LogP contribution in [0.2, 0.25) is 0 Å². The molecule has 2 heterocycles. The number of carbonyl (C=O) groups is 4. The second-order valence-electron chi connectivity index (χ2n) is 14.5. The van der Waals surface area contributed by atoms with Gasteiger partial charge in [0.15, 0.2) is 5.78 Å². The lowest BCUT2D eigenvalue weighted by Crippen LogP contribution is -2.47. The first kappa shape index (κ1) is 40.3. The van der Waals surface area contributed by atoms with Crippen LogP contribution in [0.1, 0.15) is 105 Å². The van der Waals surface area contributed by atoms with Crippen molar-refractivity contribution < 1.29 is 29.0 Å². The van der Waals surface area contributed by atoms with Gasteiger partial charge in [0.05, 0.1) is 19.1 Å². The van der Waals surface area contributed by atoms with Crippen LogP contribution in [0.15, 0.2) is 30.3 Å². The monoisotopic (exact) mass is 698 g/mol. The number of ketones is 1. The van der Waals surface area contributed by atoms with E-state index in [1.165, 1.54) is 18.4 Å². The zero-order valence-corrected chi connectivity index (χ0v) is 31.7. The number of aliphatic hydroxyl groups is 1. The third-order valence-corrected chi connectivity index (χ3v) is 11.1. The second kappa shape index (κ2) is 18.7. The average Bonchev–Trinajstić information content (AvgIpc) is 3.46. The molecular formula is C38H58N4O6S. The highest BCUT2D eigenvalue weighted by atomic mass is 32.1. The minimum Gasteiger partial charge on any atom is -0.469 e. The van der Waals surface area contributed by atoms with Gasteiger partial charge in [-0.25, -0.2) is 4.98 Å². The number of ether oxygens (including phenoxy) is 1. The van der Waals surface area contributed by atoms with E-state index in [2.05, 4.69) is 15.2 Å². The fourth-order valence-corrected chi connectivity index (χ4v) is 7.83. The molecule has 10 nitrogen and oxygen atoms in total. The molecule has 1 aromatic heterocycles. The normalized spacial score (nSPS) is 18.4. The number of nitrogens with one attached hydrogen (secondary N) is 1. The van der Waals surface area contributed by atoms with Crippen molar-refractivity contribution >= 4 is 34.9 Å². The van der Waals surface area contributed by atoms with Gasteiger partial charge >= 0.3 is 5.97 Å². The quantitative estimate of drug-likeness (QED) is 0.204. The fourth-order valence-electron chi connectivity index (χ4n) is 6.91. The van der Waals surface area contributed by atoms with Crippen molar-refractivity contribution in [3.63, 3.8) is 0 Å². The number of carbonyl (C=O) groups excluding carboxylic acids is 4. The third kappa shape index (κ3) is 11.2. The van der Waals surface area contributed by atoms with Crippen molar-refractivity contribution in [1.82, 2.24) is 20.1 Å². The molecule has 2 aromatic rings. The molecule has 1 aliphatic rings. The Morgan fingerprint density at radius 1 is 1.06 bits per heavy atom. The third-order valence-electron chi connectivity index (χ3n) is 9.98. The largest absolute Gasteiger partial charge is 0.469 e. The first-order valence-electron chi connectivity index (χ1n) is 17.7. The number of aromatic nitrogens is 1. The number of hydrogen-bond donors (Lipinski definition) is 2. The summed E-state index contributed by atoms with van der Waals surface area (Å²) >= 11 is 1.26. The van der Waals surface area contributed by atoms with E-state index >= 15 is 0 Å². The number of piperidine rings is 1. The van der Waals surface area contributed by atoms with Crippen molar-refractivity contribution in [1.29, 1.82) is 0 Å². The number of rotatable bonds is 17. The second-order valence-corrected chi connectivity index (χ2v) is 15.7. The Kier molecular flexibility index (Phi) is 15.4. The molecule has 0 radical (unpaired) electrons. The summed E-state index contributed by atoms with van der Waals surface area (Å²) in [6, 6.07) is 8.96. The number of likely N-dealkylation sites (tertiary alicyclic amines) is 1. The van der Waals surface area contributed by atoms with Crippen LogP contribution >= 0.6 is 11.3 Å². The van der Waals surface area contributed by atoms with Crippen molar-refractivity contribution in [2.45, 2.75) is 111 Å². The number of aryl methyl sites for hydroxylation is 1. The van der Waals surface area contributed by atoms with Gasteiger partial charge in [0.2, 0.25) is 5.91 Å². The highest BCUT2D eigenvalue weighted by Gasteiger charge is 2.36. The van der Waals surface area contributed by atoms with Gasteiger partial charge in [-0.2, -0.15) is 0 Å². The summed E-state index contributed by atoms with van der Waals surface area (Å²) in [5.41, 5.74) is 1.26. The molecule has 2 N–H and O–H groups in total. The predicted octanol–water partition coefficient (Wildman–Crippen LogP) is 5.61. The Morgan fingerprint density at radius 2 is 1.73 bits per heavy atom. The van der Waals surface area contributed by atoms with Crippen LogP contribution in [0.5, 0.6) is 0 Å². The van der Waals surface area contributed by atoms with Gasteiger partial charge in [-0.1, -0.05) is 71.4 Å². The van der Waals surface area contributed by atoms with Gasteiger partial charge in [-0.05, 0) is 63.6 Å². The lowest BCUT2D eigenvalue weighted by atomic mass is 9.85. The van der Waals surface area contributed by atoms with E-state index < -0.39 is 17.9 Å². The standard InChI is InChI=1S/C38H58N4O6S/c1-23(2)29(21-32(43)30-17-13-14-18-41(30)7)37(46)42(8)31(24(3)4)22-33(44)36-40-34(26(6)49-36)35(45)39-28(19-25(5)38(47)48-9)20-27-15-11-10-12-16-27/h10-12,15-16,23-25,28-31,33,44H,13-14,17-22H2,1-9H3,(H,39,45)/t25-,28+,29-,30+,31+,33+/m0/s1. The van der Waals surface area contributed by atoms with E-state index in [1.807, 2.05) is 65.1 Å². The molecule has 272 valence electrons. The van der Waals surface area contributed by atoms with Crippen LogP contribution < -0.4 is 5.32 Å². The maximum Gasteiger partial charge on any atom is 0.308 e. The molecule has 3 rings (SSSR count). The zero-order valence-electron chi connectivity index (χ0n) is 30.9. The van der Waals surface area contributed by atoms with Gasteiger partial charge in [-0.3, -0.25) is 24.1 Å². The number of hydrogen-bond acceptors (Lipinski definition) is 9. The van der Waals surface area contributed by atoms with Gasteiger partial charge in [-0.15, -0.1) is 11.3 Å². The number of thiazole rings is 1. The van der Waals surface area contributed by atoms with E-state index in [1.54, 1.807) is 25.8 Å². The average molecular weight is 699 g/mol. The Labute approximate surface area is 297 Å².